The zero-order valence-corrected chi connectivity index (χ0v) is 9.01. The van der Waals surface area contributed by atoms with Crippen molar-refractivity contribution in [1.82, 2.24) is 9.97 Å². The summed E-state index contributed by atoms with van der Waals surface area (Å²) in [5, 5.41) is 0. The maximum atomic E-state index is 5.30. The van der Waals surface area contributed by atoms with E-state index in [1.165, 1.54) is 0 Å². The Morgan fingerprint density at radius 3 is 3.00 bits per heavy atom. The van der Waals surface area contributed by atoms with Crippen LogP contribution in [0.25, 0.3) is 11.0 Å². The van der Waals surface area contributed by atoms with Crippen molar-refractivity contribution in [2.75, 3.05) is 13.7 Å². The number of benzene rings is 1. The summed E-state index contributed by atoms with van der Waals surface area (Å²) in [4.78, 5) is 8.54. The molecule has 0 spiro atoms. The van der Waals surface area contributed by atoms with Crippen LogP contribution in [0, 0.1) is 0 Å². The predicted molar refractivity (Wildman–Crippen MR) is 61.8 cm³/mol. The van der Waals surface area contributed by atoms with E-state index in [0.717, 1.165) is 16.8 Å². The minimum atomic E-state index is 0.421. The molecule has 1 heterocycles. The van der Waals surface area contributed by atoms with Gasteiger partial charge in [0.15, 0.2) is 0 Å². The third-order valence-electron chi connectivity index (χ3n) is 2.08. The average molecular weight is 216 g/mol. The molecule has 4 heteroatoms. The fourth-order valence-corrected chi connectivity index (χ4v) is 1.32. The van der Waals surface area contributed by atoms with Crippen molar-refractivity contribution in [3.05, 3.63) is 37.1 Å². The quantitative estimate of drug-likeness (QED) is 0.735. The van der Waals surface area contributed by atoms with Crippen LogP contribution in [0.4, 0.5) is 0 Å². The van der Waals surface area contributed by atoms with Gasteiger partial charge in [-0.25, -0.2) is 9.97 Å². The van der Waals surface area contributed by atoms with Crippen molar-refractivity contribution in [2.45, 2.75) is 0 Å². The molecule has 2 aromatic rings. The highest BCUT2D eigenvalue weighted by molar-refractivity contribution is 5.76. The second-order valence-electron chi connectivity index (χ2n) is 3.16. The molecule has 4 nitrogen and oxygen atoms in total. The number of hydrogen-bond donors (Lipinski definition) is 0. The standard InChI is InChI=1S/C12H12N2O2/c1-3-6-16-12-8-13-10-5-4-9(15-2)7-11(10)14-12/h3-5,7-8H,1,6H2,2H3. The Bertz CT molecular complexity index is 511. The summed E-state index contributed by atoms with van der Waals surface area (Å²) in [6.07, 6.45) is 3.26. The summed E-state index contributed by atoms with van der Waals surface area (Å²) in [5.41, 5.74) is 1.56. The third kappa shape index (κ3) is 2.11. The van der Waals surface area contributed by atoms with Gasteiger partial charge in [-0.3, -0.25) is 0 Å². The Hall–Kier alpha value is -2.10. The number of nitrogens with zero attached hydrogens (tertiary/aromatic N) is 2. The lowest BCUT2D eigenvalue weighted by molar-refractivity contribution is 0.348. The molecule has 0 atom stereocenters. The summed E-state index contributed by atoms with van der Waals surface area (Å²) < 4.78 is 10.4. The second kappa shape index (κ2) is 4.61. The van der Waals surface area contributed by atoms with E-state index in [2.05, 4.69) is 16.5 Å². The van der Waals surface area contributed by atoms with E-state index in [4.69, 9.17) is 9.47 Å². The zero-order valence-electron chi connectivity index (χ0n) is 9.01. The molecule has 0 amide bonds. The molecule has 0 aliphatic rings. The number of methoxy groups -OCH3 is 1. The van der Waals surface area contributed by atoms with Gasteiger partial charge in [0.1, 0.15) is 12.4 Å². The van der Waals surface area contributed by atoms with Crippen LogP contribution in [0.2, 0.25) is 0 Å². The zero-order chi connectivity index (χ0) is 11.4. The van der Waals surface area contributed by atoms with Crippen molar-refractivity contribution in [3.8, 4) is 11.6 Å². The summed E-state index contributed by atoms with van der Waals surface area (Å²) in [6, 6.07) is 5.53. The molecule has 0 saturated carbocycles. The van der Waals surface area contributed by atoms with E-state index < -0.39 is 0 Å². The van der Waals surface area contributed by atoms with E-state index in [1.807, 2.05) is 18.2 Å². The number of hydrogen-bond acceptors (Lipinski definition) is 4. The van der Waals surface area contributed by atoms with E-state index in [9.17, 15) is 0 Å². The third-order valence-corrected chi connectivity index (χ3v) is 2.08. The van der Waals surface area contributed by atoms with E-state index >= 15 is 0 Å². The minimum absolute atomic E-state index is 0.421. The van der Waals surface area contributed by atoms with E-state index in [0.29, 0.717) is 12.5 Å². The molecular formula is C12H12N2O2. The Kier molecular flexibility index (Phi) is 3.00. The molecule has 0 aliphatic carbocycles. The Labute approximate surface area is 93.5 Å². The minimum Gasteiger partial charge on any atom is -0.497 e. The lowest BCUT2D eigenvalue weighted by Crippen LogP contribution is -1.96. The number of rotatable bonds is 4. The highest BCUT2D eigenvalue weighted by Gasteiger charge is 2.01. The summed E-state index contributed by atoms with van der Waals surface area (Å²) in [6.45, 7) is 3.99. The van der Waals surface area contributed by atoms with E-state index in [-0.39, 0.29) is 0 Å². The molecule has 0 radical (unpaired) electrons. The first kappa shape index (κ1) is 10.4. The normalized spacial score (nSPS) is 10.1. The van der Waals surface area contributed by atoms with Crippen molar-refractivity contribution >= 4 is 11.0 Å². The molecule has 0 aliphatic heterocycles. The highest BCUT2D eigenvalue weighted by atomic mass is 16.5. The first-order valence-electron chi connectivity index (χ1n) is 4.88. The number of ether oxygens (including phenoxy) is 2. The molecule has 0 unspecified atom stereocenters. The molecule has 0 N–H and O–H groups in total. The van der Waals surface area contributed by atoms with Crippen LogP contribution in [0.15, 0.2) is 37.1 Å². The molecule has 0 saturated heterocycles. The van der Waals surface area contributed by atoms with Crippen molar-refractivity contribution in [2.24, 2.45) is 0 Å². The van der Waals surface area contributed by atoms with Crippen LogP contribution in [0.3, 0.4) is 0 Å². The van der Waals surface area contributed by atoms with Gasteiger partial charge in [-0.15, -0.1) is 0 Å². The maximum absolute atomic E-state index is 5.30. The van der Waals surface area contributed by atoms with Crippen molar-refractivity contribution < 1.29 is 9.47 Å². The van der Waals surface area contributed by atoms with Gasteiger partial charge in [-0.05, 0) is 12.1 Å². The Morgan fingerprint density at radius 2 is 2.25 bits per heavy atom. The first-order chi connectivity index (χ1) is 7.83. The van der Waals surface area contributed by atoms with E-state index in [1.54, 1.807) is 19.4 Å². The van der Waals surface area contributed by atoms with Crippen LogP contribution < -0.4 is 9.47 Å². The van der Waals surface area contributed by atoms with Crippen LogP contribution in [0.5, 0.6) is 11.6 Å². The molecule has 2 rings (SSSR count). The molecule has 0 bridgehead atoms. The lowest BCUT2D eigenvalue weighted by atomic mass is 10.3. The van der Waals surface area contributed by atoms with Crippen LogP contribution in [-0.4, -0.2) is 23.7 Å². The average Bonchev–Trinajstić information content (AvgIpc) is 2.35. The molecule has 0 fully saturated rings. The predicted octanol–water partition coefficient (Wildman–Crippen LogP) is 2.20. The number of aromatic nitrogens is 2. The Morgan fingerprint density at radius 1 is 1.38 bits per heavy atom. The lowest BCUT2D eigenvalue weighted by Gasteiger charge is -2.04. The largest absolute Gasteiger partial charge is 0.497 e. The molecule has 82 valence electrons. The van der Waals surface area contributed by atoms with Crippen LogP contribution >= 0.6 is 0 Å². The summed E-state index contributed by atoms with van der Waals surface area (Å²) in [7, 11) is 1.62. The SMILES string of the molecule is C=CCOc1cnc2ccc(OC)cc2n1. The van der Waals surface area contributed by atoms with Crippen LogP contribution in [0.1, 0.15) is 0 Å². The monoisotopic (exact) mass is 216 g/mol. The smallest absolute Gasteiger partial charge is 0.233 e. The van der Waals surface area contributed by atoms with Gasteiger partial charge >= 0.3 is 0 Å². The van der Waals surface area contributed by atoms with Crippen molar-refractivity contribution in [1.29, 1.82) is 0 Å². The summed E-state index contributed by atoms with van der Waals surface area (Å²) in [5.74, 6) is 1.24. The molecule has 16 heavy (non-hydrogen) atoms. The topological polar surface area (TPSA) is 44.2 Å². The fourth-order valence-electron chi connectivity index (χ4n) is 1.32. The number of fused-ring (bicyclic) bond motifs is 1. The van der Waals surface area contributed by atoms with Gasteiger partial charge in [0.05, 0.1) is 24.3 Å². The molecule has 1 aromatic carbocycles. The maximum Gasteiger partial charge on any atom is 0.233 e. The van der Waals surface area contributed by atoms with Gasteiger partial charge in [0.2, 0.25) is 5.88 Å². The van der Waals surface area contributed by atoms with Gasteiger partial charge in [-0.1, -0.05) is 12.7 Å². The van der Waals surface area contributed by atoms with Crippen LogP contribution in [-0.2, 0) is 0 Å². The molecular weight excluding hydrogens is 204 g/mol. The van der Waals surface area contributed by atoms with Gasteiger partial charge in [-0.2, -0.15) is 0 Å². The van der Waals surface area contributed by atoms with Gasteiger partial charge in [0.25, 0.3) is 0 Å². The van der Waals surface area contributed by atoms with Gasteiger partial charge in [0, 0.05) is 6.07 Å². The first-order valence-corrected chi connectivity index (χ1v) is 4.88. The summed E-state index contributed by atoms with van der Waals surface area (Å²) >= 11 is 0. The van der Waals surface area contributed by atoms with Gasteiger partial charge < -0.3 is 9.47 Å². The second-order valence-corrected chi connectivity index (χ2v) is 3.16. The Balaban J connectivity index is 2.38. The molecule has 1 aromatic heterocycles. The highest BCUT2D eigenvalue weighted by Crippen LogP contribution is 2.19. The van der Waals surface area contributed by atoms with Crippen molar-refractivity contribution in [3.63, 3.8) is 0 Å². The fraction of sp³-hybridized carbons (Fsp3) is 0.167.